The highest BCUT2D eigenvalue weighted by Gasteiger charge is 2.25. The third-order valence-corrected chi connectivity index (χ3v) is 3.31. The maximum atomic E-state index is 12.1. The fourth-order valence-electron chi connectivity index (χ4n) is 2.35. The van der Waals surface area contributed by atoms with Crippen LogP contribution in [0.25, 0.3) is 0 Å². The Bertz CT molecular complexity index is 419. The van der Waals surface area contributed by atoms with Crippen LogP contribution in [0.15, 0.2) is 24.3 Å². The zero-order chi connectivity index (χ0) is 13.0. The molecule has 0 amide bonds. The molecule has 0 spiro atoms. The van der Waals surface area contributed by atoms with Gasteiger partial charge in [-0.1, -0.05) is 12.1 Å². The van der Waals surface area contributed by atoms with Crippen molar-refractivity contribution in [1.82, 2.24) is 0 Å². The predicted molar refractivity (Wildman–Crippen MR) is 68.1 cm³/mol. The molecule has 1 N–H and O–H groups in total. The van der Waals surface area contributed by atoms with E-state index in [1.807, 2.05) is 12.1 Å². The number of likely N-dealkylation sites (N-methyl/N-ethyl adjacent to an activating group) is 1. The Hall–Kier alpha value is -1.55. The van der Waals surface area contributed by atoms with Gasteiger partial charge in [-0.2, -0.15) is 0 Å². The number of ether oxygens (including phenoxy) is 2. The van der Waals surface area contributed by atoms with Crippen molar-refractivity contribution < 1.29 is 19.2 Å². The van der Waals surface area contributed by atoms with E-state index in [1.54, 1.807) is 19.2 Å². The first-order valence-corrected chi connectivity index (χ1v) is 6.36. The number of hydrogen-bond acceptors (Lipinski definition) is 3. The van der Waals surface area contributed by atoms with Gasteiger partial charge in [-0.3, -0.25) is 0 Å². The summed E-state index contributed by atoms with van der Waals surface area (Å²) in [6.45, 7) is 2.05. The van der Waals surface area contributed by atoms with Crippen LogP contribution in [0.2, 0.25) is 0 Å². The summed E-state index contributed by atoms with van der Waals surface area (Å²) in [7, 11) is 3.69. The Labute approximate surface area is 107 Å². The van der Waals surface area contributed by atoms with Crippen LogP contribution >= 0.6 is 0 Å². The van der Waals surface area contributed by atoms with E-state index in [1.165, 1.54) is 4.90 Å². The van der Waals surface area contributed by atoms with Crippen molar-refractivity contribution in [2.45, 2.75) is 18.9 Å². The predicted octanol–water partition coefficient (Wildman–Crippen LogP) is 0.529. The molecule has 0 saturated carbocycles. The molecule has 98 valence electrons. The Morgan fingerprint density at radius 2 is 2.17 bits per heavy atom. The second kappa shape index (κ2) is 5.87. The fraction of sp³-hybridized carbons (Fsp3) is 0.500. The van der Waals surface area contributed by atoms with Gasteiger partial charge in [-0.15, -0.1) is 0 Å². The van der Waals surface area contributed by atoms with E-state index >= 15 is 0 Å². The number of quaternary nitrogens is 1. The molecule has 1 saturated heterocycles. The molecule has 1 heterocycles. The largest absolute Gasteiger partial charge is 0.496 e. The Kier molecular flexibility index (Phi) is 4.20. The first kappa shape index (κ1) is 12.9. The molecule has 1 unspecified atom stereocenters. The lowest BCUT2D eigenvalue weighted by molar-refractivity contribution is -0.888. The average molecular weight is 250 g/mol. The van der Waals surface area contributed by atoms with E-state index in [4.69, 9.17) is 9.47 Å². The van der Waals surface area contributed by atoms with Crippen molar-refractivity contribution in [3.05, 3.63) is 29.8 Å². The van der Waals surface area contributed by atoms with Gasteiger partial charge in [0, 0.05) is 6.42 Å². The molecular weight excluding hydrogens is 230 g/mol. The highest BCUT2D eigenvalue weighted by Crippen LogP contribution is 2.19. The summed E-state index contributed by atoms with van der Waals surface area (Å²) in [5.74, 6) is 0.283. The number of rotatable bonds is 3. The van der Waals surface area contributed by atoms with Gasteiger partial charge >= 0.3 is 5.97 Å². The van der Waals surface area contributed by atoms with E-state index in [9.17, 15) is 4.79 Å². The van der Waals surface area contributed by atoms with E-state index in [-0.39, 0.29) is 12.1 Å². The number of piperidine rings is 1. The van der Waals surface area contributed by atoms with Crippen LogP contribution in [-0.4, -0.2) is 39.3 Å². The number of carbonyl (C=O) groups is 1. The van der Waals surface area contributed by atoms with Crippen molar-refractivity contribution in [2.24, 2.45) is 0 Å². The lowest BCUT2D eigenvalue weighted by Crippen LogP contribution is -3.11. The highest BCUT2D eigenvalue weighted by atomic mass is 16.5. The summed E-state index contributed by atoms with van der Waals surface area (Å²) in [5, 5.41) is 0. The smallest absolute Gasteiger partial charge is 0.342 e. The van der Waals surface area contributed by atoms with Crippen LogP contribution in [0.4, 0.5) is 0 Å². The molecule has 0 aromatic heterocycles. The van der Waals surface area contributed by atoms with Crippen molar-refractivity contribution in [3.63, 3.8) is 0 Å². The van der Waals surface area contributed by atoms with Crippen LogP contribution in [-0.2, 0) is 4.74 Å². The van der Waals surface area contributed by atoms with Gasteiger partial charge < -0.3 is 14.4 Å². The zero-order valence-electron chi connectivity index (χ0n) is 10.9. The van der Waals surface area contributed by atoms with Crippen molar-refractivity contribution in [1.29, 1.82) is 0 Å². The number of nitrogens with one attached hydrogen (secondary N) is 1. The number of methoxy groups -OCH3 is 1. The molecule has 18 heavy (non-hydrogen) atoms. The molecule has 1 fully saturated rings. The van der Waals surface area contributed by atoms with Gasteiger partial charge in [0.1, 0.15) is 17.9 Å². The van der Waals surface area contributed by atoms with E-state index in [2.05, 4.69) is 7.05 Å². The minimum absolute atomic E-state index is 0.0242. The SMILES string of the molecule is COc1ccccc1C(=O)O[C@H]1CCC[NH+](C)C1. The molecule has 1 aliphatic heterocycles. The molecule has 4 nitrogen and oxygen atoms in total. The maximum Gasteiger partial charge on any atom is 0.342 e. The minimum atomic E-state index is -0.285. The number of likely N-dealkylation sites (tertiary alicyclic amines) is 1. The van der Waals surface area contributed by atoms with Crippen molar-refractivity contribution in [3.8, 4) is 5.75 Å². The third kappa shape index (κ3) is 3.01. The Morgan fingerprint density at radius 1 is 1.39 bits per heavy atom. The fourth-order valence-corrected chi connectivity index (χ4v) is 2.35. The molecule has 4 heteroatoms. The van der Waals surface area contributed by atoms with Gasteiger partial charge in [0.2, 0.25) is 0 Å². The van der Waals surface area contributed by atoms with E-state index in [0.29, 0.717) is 11.3 Å². The monoisotopic (exact) mass is 250 g/mol. The van der Waals surface area contributed by atoms with Crippen LogP contribution in [0, 0.1) is 0 Å². The number of hydrogen-bond donors (Lipinski definition) is 1. The summed E-state index contributed by atoms with van der Waals surface area (Å²) >= 11 is 0. The van der Waals surface area contributed by atoms with Gasteiger partial charge in [-0.05, 0) is 18.6 Å². The highest BCUT2D eigenvalue weighted by molar-refractivity contribution is 5.92. The number of carbonyl (C=O) groups excluding carboxylic acids is 1. The second-order valence-corrected chi connectivity index (χ2v) is 4.78. The quantitative estimate of drug-likeness (QED) is 0.796. The summed E-state index contributed by atoms with van der Waals surface area (Å²) in [5.41, 5.74) is 0.503. The first-order chi connectivity index (χ1) is 8.70. The topological polar surface area (TPSA) is 40.0 Å². The third-order valence-electron chi connectivity index (χ3n) is 3.31. The number of esters is 1. The maximum absolute atomic E-state index is 12.1. The number of benzene rings is 1. The van der Waals surface area contributed by atoms with Crippen molar-refractivity contribution in [2.75, 3.05) is 27.2 Å². The average Bonchev–Trinajstić information content (AvgIpc) is 2.38. The molecule has 1 aromatic rings. The lowest BCUT2D eigenvalue weighted by Gasteiger charge is -2.26. The van der Waals surface area contributed by atoms with Gasteiger partial charge in [-0.25, -0.2) is 4.79 Å². The Balaban J connectivity index is 2.03. The molecule has 0 bridgehead atoms. The first-order valence-electron chi connectivity index (χ1n) is 6.36. The normalized spacial score (nSPS) is 23.4. The van der Waals surface area contributed by atoms with Crippen LogP contribution in [0.3, 0.4) is 0 Å². The second-order valence-electron chi connectivity index (χ2n) is 4.78. The van der Waals surface area contributed by atoms with Crippen LogP contribution in [0.5, 0.6) is 5.75 Å². The van der Waals surface area contributed by atoms with Gasteiger partial charge in [0.15, 0.2) is 6.10 Å². The standard InChI is InChI=1S/C14H19NO3/c1-15-9-5-6-11(10-15)18-14(16)12-7-3-4-8-13(12)17-2/h3-4,7-8,11H,5-6,9-10H2,1-2H3/p+1/t11-/m0/s1. The van der Waals surface area contributed by atoms with E-state index < -0.39 is 0 Å². The molecule has 2 atom stereocenters. The summed E-state index contributed by atoms with van der Waals surface area (Å²) in [4.78, 5) is 13.5. The molecule has 1 aliphatic rings. The summed E-state index contributed by atoms with van der Waals surface area (Å²) in [6.07, 6.45) is 2.09. The van der Waals surface area contributed by atoms with Crippen LogP contribution in [0.1, 0.15) is 23.2 Å². The van der Waals surface area contributed by atoms with E-state index in [0.717, 1.165) is 25.9 Å². The molecular formula is C14H20NO3+. The van der Waals surface area contributed by atoms with Crippen LogP contribution < -0.4 is 9.64 Å². The summed E-state index contributed by atoms with van der Waals surface area (Å²) in [6, 6.07) is 7.17. The Morgan fingerprint density at radius 3 is 2.89 bits per heavy atom. The summed E-state index contributed by atoms with van der Waals surface area (Å²) < 4.78 is 10.7. The van der Waals surface area contributed by atoms with Crippen molar-refractivity contribution >= 4 is 5.97 Å². The van der Waals surface area contributed by atoms with Gasteiger partial charge in [0.25, 0.3) is 0 Å². The lowest BCUT2D eigenvalue weighted by atomic mass is 10.1. The molecule has 2 rings (SSSR count). The molecule has 0 radical (unpaired) electrons. The zero-order valence-corrected chi connectivity index (χ0v) is 10.9. The van der Waals surface area contributed by atoms with Gasteiger partial charge in [0.05, 0.1) is 20.7 Å². The molecule has 1 aromatic carbocycles. The number of para-hydroxylation sites is 1. The molecule has 0 aliphatic carbocycles. The minimum Gasteiger partial charge on any atom is -0.496 e.